The number of hydrogen-bond donors (Lipinski definition) is 1. The second-order valence-corrected chi connectivity index (χ2v) is 10.3. The number of likely N-dealkylation sites (tertiary alicyclic amines) is 1. The van der Waals surface area contributed by atoms with E-state index in [9.17, 15) is 24.3 Å². The number of benzene rings is 1. The van der Waals surface area contributed by atoms with E-state index in [4.69, 9.17) is 4.74 Å². The molecule has 3 aliphatic carbocycles. The molecule has 1 aromatic carbocycles. The van der Waals surface area contributed by atoms with Crippen LogP contribution in [0.2, 0.25) is 0 Å². The first-order valence-corrected chi connectivity index (χ1v) is 12.5. The minimum absolute atomic E-state index is 0.119. The lowest BCUT2D eigenvalue weighted by Gasteiger charge is -2.43. The van der Waals surface area contributed by atoms with Gasteiger partial charge in [0.15, 0.2) is 11.6 Å². The molecule has 0 radical (unpaired) electrons. The Morgan fingerprint density at radius 2 is 1.92 bits per heavy atom. The van der Waals surface area contributed by atoms with Crippen molar-refractivity contribution in [3.05, 3.63) is 70.0 Å². The van der Waals surface area contributed by atoms with Gasteiger partial charge >= 0.3 is 0 Å². The van der Waals surface area contributed by atoms with E-state index in [1.54, 1.807) is 31.4 Å². The van der Waals surface area contributed by atoms with Gasteiger partial charge in [0, 0.05) is 41.2 Å². The van der Waals surface area contributed by atoms with Crippen LogP contribution in [0.15, 0.2) is 64.5 Å². The highest BCUT2D eigenvalue weighted by Crippen LogP contribution is 2.54. The fourth-order valence-electron chi connectivity index (χ4n) is 6.68. The number of amides is 2. The van der Waals surface area contributed by atoms with Gasteiger partial charge in [0.1, 0.15) is 11.5 Å². The summed E-state index contributed by atoms with van der Waals surface area (Å²) < 4.78 is 5.90. The van der Waals surface area contributed by atoms with Gasteiger partial charge in [0.25, 0.3) is 0 Å². The first-order chi connectivity index (χ1) is 17.3. The average molecular weight is 486 g/mol. The average Bonchev–Trinajstić information content (AvgIpc) is 3.11. The summed E-state index contributed by atoms with van der Waals surface area (Å²) in [4.78, 5) is 54.6. The van der Waals surface area contributed by atoms with E-state index in [0.717, 1.165) is 16.7 Å². The maximum absolute atomic E-state index is 13.5. The normalized spacial score (nSPS) is 29.1. The van der Waals surface area contributed by atoms with Crippen molar-refractivity contribution in [3.63, 3.8) is 0 Å². The first kappa shape index (κ1) is 22.7. The lowest BCUT2D eigenvalue weighted by Crippen LogP contribution is -2.41. The number of carbonyl (C=O) groups is 4. The molecule has 0 bridgehead atoms. The molecule has 6 rings (SSSR count). The number of hydrogen-bond acceptors (Lipinski definition) is 6. The molecular weight excluding hydrogens is 458 g/mol. The molecule has 1 aromatic rings. The van der Waals surface area contributed by atoms with Gasteiger partial charge in [-0.15, -0.1) is 0 Å². The van der Waals surface area contributed by atoms with E-state index in [-0.39, 0.29) is 41.5 Å². The summed E-state index contributed by atoms with van der Waals surface area (Å²) in [5.41, 5.74) is 3.80. The van der Waals surface area contributed by atoms with Crippen LogP contribution in [0, 0.1) is 23.7 Å². The zero-order valence-electron chi connectivity index (χ0n) is 20.2. The van der Waals surface area contributed by atoms with Crippen molar-refractivity contribution in [2.75, 3.05) is 6.54 Å². The third-order valence-corrected chi connectivity index (χ3v) is 8.25. The van der Waals surface area contributed by atoms with Crippen molar-refractivity contribution in [1.29, 1.82) is 0 Å². The number of phenolic OH excluding ortho intramolecular Hbond substituents is 1. The number of imide groups is 1. The molecule has 7 heteroatoms. The van der Waals surface area contributed by atoms with Crippen molar-refractivity contribution < 1.29 is 29.0 Å². The summed E-state index contributed by atoms with van der Waals surface area (Å²) in [6.07, 6.45) is 6.87. The van der Waals surface area contributed by atoms with Crippen LogP contribution in [0.5, 0.6) is 11.5 Å². The Morgan fingerprint density at radius 1 is 1.11 bits per heavy atom. The van der Waals surface area contributed by atoms with E-state index in [0.29, 0.717) is 48.3 Å². The minimum Gasteiger partial charge on any atom is -0.508 e. The van der Waals surface area contributed by atoms with Gasteiger partial charge in [-0.05, 0) is 62.0 Å². The number of aromatic hydroxyl groups is 1. The number of ether oxygens (including phenoxy) is 1. The molecular formula is C29H27NO6. The van der Waals surface area contributed by atoms with Crippen molar-refractivity contribution >= 4 is 23.4 Å². The number of ketones is 2. The maximum Gasteiger partial charge on any atom is 0.233 e. The maximum atomic E-state index is 13.5. The second-order valence-electron chi connectivity index (χ2n) is 10.3. The molecule has 2 aliphatic heterocycles. The number of phenols is 1. The molecule has 0 aromatic heterocycles. The van der Waals surface area contributed by atoms with E-state index in [1.807, 2.05) is 13.0 Å². The Balaban J connectivity index is 1.47. The van der Waals surface area contributed by atoms with Crippen LogP contribution >= 0.6 is 0 Å². The standard InChI is InChI=1S/C29H27NO6/c1-3-8-30-28(34)19-6-5-18-20(25(19)29(30)35)12-21-22(32)9-14(2)27(33)26(21)24(18)16-10-15-11-17(31)4-7-23(15)36-13-16/h4-5,7,9,11,13,19-20,24-25,31H,3,6,8,10,12H2,1-2H3/t19-,20+,24-,25-/m0/s1. The van der Waals surface area contributed by atoms with E-state index in [1.165, 1.54) is 11.0 Å². The lowest BCUT2D eigenvalue weighted by atomic mass is 9.58. The van der Waals surface area contributed by atoms with Crippen LogP contribution in [-0.4, -0.2) is 39.9 Å². The third-order valence-electron chi connectivity index (χ3n) is 8.25. The summed E-state index contributed by atoms with van der Waals surface area (Å²) in [5.74, 6) is -1.73. The molecule has 2 heterocycles. The van der Waals surface area contributed by atoms with Gasteiger partial charge in [0.05, 0.1) is 18.1 Å². The Bertz CT molecular complexity index is 1380. The zero-order valence-corrected chi connectivity index (χ0v) is 20.2. The molecule has 2 amide bonds. The molecule has 0 spiro atoms. The topological polar surface area (TPSA) is 101 Å². The van der Waals surface area contributed by atoms with Crippen LogP contribution < -0.4 is 4.74 Å². The number of allylic oxidation sites excluding steroid dienone is 7. The summed E-state index contributed by atoms with van der Waals surface area (Å²) in [5, 5.41) is 10.0. The fourth-order valence-corrected chi connectivity index (χ4v) is 6.68. The van der Waals surface area contributed by atoms with Crippen LogP contribution in [0.3, 0.4) is 0 Å². The summed E-state index contributed by atoms with van der Waals surface area (Å²) >= 11 is 0. The smallest absolute Gasteiger partial charge is 0.233 e. The molecule has 1 fully saturated rings. The SMILES string of the molecule is CCCN1C(=O)[C@H]2[C@H](CC=C3[C@H](C4=COc5ccc(O)cc5C4)C4=C(C[C@H]32)C(=O)C=C(C)C4=O)C1=O. The van der Waals surface area contributed by atoms with E-state index in [2.05, 4.69) is 0 Å². The third kappa shape index (κ3) is 3.18. The quantitative estimate of drug-likeness (QED) is 0.399. The monoisotopic (exact) mass is 485 g/mol. The lowest BCUT2D eigenvalue weighted by molar-refractivity contribution is -0.140. The van der Waals surface area contributed by atoms with Gasteiger partial charge in [-0.25, -0.2) is 0 Å². The number of nitrogens with zero attached hydrogens (tertiary/aromatic N) is 1. The molecule has 36 heavy (non-hydrogen) atoms. The van der Waals surface area contributed by atoms with Crippen LogP contribution in [0.1, 0.15) is 38.7 Å². The first-order valence-electron chi connectivity index (χ1n) is 12.5. The highest BCUT2D eigenvalue weighted by Gasteiger charge is 2.56. The summed E-state index contributed by atoms with van der Waals surface area (Å²) in [6.45, 7) is 3.98. The second kappa shape index (κ2) is 8.15. The van der Waals surface area contributed by atoms with Crippen molar-refractivity contribution in [1.82, 2.24) is 4.90 Å². The predicted octanol–water partition coefficient (Wildman–Crippen LogP) is 3.58. The van der Waals surface area contributed by atoms with E-state index < -0.39 is 17.8 Å². The summed E-state index contributed by atoms with van der Waals surface area (Å²) in [6, 6.07) is 4.90. The largest absolute Gasteiger partial charge is 0.508 e. The van der Waals surface area contributed by atoms with Gasteiger partial charge < -0.3 is 9.84 Å². The molecule has 0 saturated carbocycles. The molecule has 1 N–H and O–H groups in total. The predicted molar refractivity (Wildman–Crippen MR) is 130 cm³/mol. The Hall–Kier alpha value is -3.74. The zero-order chi connectivity index (χ0) is 25.3. The number of fused-ring (bicyclic) bond motifs is 4. The van der Waals surface area contributed by atoms with Crippen LogP contribution in [0.25, 0.3) is 0 Å². The summed E-state index contributed by atoms with van der Waals surface area (Å²) in [7, 11) is 0. The van der Waals surface area contributed by atoms with Gasteiger partial charge in [0.2, 0.25) is 11.8 Å². The number of Topliss-reactive ketones (excluding diaryl/α,β-unsaturated/α-hetero) is 1. The van der Waals surface area contributed by atoms with Crippen molar-refractivity contribution in [2.24, 2.45) is 23.7 Å². The van der Waals surface area contributed by atoms with E-state index >= 15 is 0 Å². The highest BCUT2D eigenvalue weighted by atomic mass is 16.5. The van der Waals surface area contributed by atoms with Gasteiger partial charge in [-0.1, -0.05) is 18.6 Å². The number of carbonyl (C=O) groups excluding carboxylic acids is 4. The van der Waals surface area contributed by atoms with Crippen LogP contribution in [-0.2, 0) is 25.6 Å². The van der Waals surface area contributed by atoms with Gasteiger partial charge in [-0.3, -0.25) is 24.1 Å². The molecule has 4 atom stereocenters. The molecule has 1 saturated heterocycles. The molecule has 7 nitrogen and oxygen atoms in total. The molecule has 0 unspecified atom stereocenters. The fraction of sp³-hybridized carbons (Fsp3) is 0.379. The van der Waals surface area contributed by atoms with Crippen LogP contribution in [0.4, 0.5) is 0 Å². The Labute approximate surface area is 208 Å². The highest BCUT2D eigenvalue weighted by molar-refractivity contribution is 6.23. The number of rotatable bonds is 3. The molecule has 184 valence electrons. The van der Waals surface area contributed by atoms with Gasteiger partial charge in [-0.2, -0.15) is 0 Å². The minimum atomic E-state index is -0.531. The Morgan fingerprint density at radius 3 is 2.69 bits per heavy atom. The Kier molecular flexibility index (Phi) is 5.14. The van der Waals surface area contributed by atoms with Crippen molar-refractivity contribution in [2.45, 2.75) is 39.5 Å². The molecule has 5 aliphatic rings. The van der Waals surface area contributed by atoms with Crippen molar-refractivity contribution in [3.8, 4) is 11.5 Å².